The molecule has 0 fully saturated rings. The highest BCUT2D eigenvalue weighted by Crippen LogP contribution is 2.05. The van der Waals surface area contributed by atoms with Crippen molar-refractivity contribution >= 4 is 0 Å². The Balaban J connectivity index is 0. The van der Waals surface area contributed by atoms with Gasteiger partial charge in [-0.1, -0.05) is 40.0 Å². The van der Waals surface area contributed by atoms with Gasteiger partial charge in [0.1, 0.15) is 0 Å². The van der Waals surface area contributed by atoms with Crippen LogP contribution in [0.3, 0.4) is 0 Å². The molecule has 0 aromatic carbocycles. The van der Waals surface area contributed by atoms with Crippen molar-refractivity contribution in [3.05, 3.63) is 11.9 Å². The zero-order chi connectivity index (χ0) is 10.5. The fourth-order valence-electron chi connectivity index (χ4n) is 0.946. The van der Waals surface area contributed by atoms with Crippen LogP contribution in [0, 0.1) is 0 Å². The molecule has 0 aromatic heterocycles. The van der Waals surface area contributed by atoms with E-state index in [0.717, 1.165) is 12.1 Å². The summed E-state index contributed by atoms with van der Waals surface area (Å²) in [7, 11) is 0. The Bertz CT molecular complexity index is 111. The third-order valence-electron chi connectivity index (χ3n) is 1.69. The molecule has 0 aliphatic heterocycles. The van der Waals surface area contributed by atoms with E-state index in [1.807, 2.05) is 13.8 Å². The van der Waals surface area contributed by atoms with E-state index >= 15 is 0 Å². The van der Waals surface area contributed by atoms with Crippen molar-refractivity contribution in [3.63, 3.8) is 0 Å². The lowest BCUT2D eigenvalue weighted by Crippen LogP contribution is -2.21. The van der Waals surface area contributed by atoms with Crippen molar-refractivity contribution in [1.82, 2.24) is 5.43 Å². The highest BCUT2D eigenvalue weighted by atomic mass is 15.2. The van der Waals surface area contributed by atoms with Crippen LogP contribution in [0.1, 0.15) is 52.9 Å². The van der Waals surface area contributed by atoms with Gasteiger partial charge in [-0.3, -0.25) is 5.84 Å². The van der Waals surface area contributed by atoms with Crippen molar-refractivity contribution in [2.75, 3.05) is 0 Å². The van der Waals surface area contributed by atoms with Gasteiger partial charge >= 0.3 is 0 Å². The number of rotatable bonds is 6. The van der Waals surface area contributed by atoms with Gasteiger partial charge in [0.25, 0.3) is 0 Å². The van der Waals surface area contributed by atoms with E-state index < -0.39 is 0 Å². The molecule has 0 atom stereocenters. The van der Waals surface area contributed by atoms with Gasteiger partial charge in [-0.05, 0) is 12.8 Å². The predicted molar refractivity (Wildman–Crippen MR) is 59.7 cm³/mol. The van der Waals surface area contributed by atoms with Crippen LogP contribution in [-0.4, -0.2) is 0 Å². The molecule has 5 N–H and O–H groups in total. The number of unbranched alkanes of at least 4 members (excludes halogenated alkanes) is 3. The van der Waals surface area contributed by atoms with Crippen LogP contribution >= 0.6 is 0 Å². The molecule has 0 saturated heterocycles. The summed E-state index contributed by atoms with van der Waals surface area (Å²) in [6.07, 6.45) is 7.48. The minimum atomic E-state index is 0.932. The lowest BCUT2D eigenvalue weighted by atomic mass is 10.1. The summed E-state index contributed by atoms with van der Waals surface area (Å²) in [4.78, 5) is 0. The first kappa shape index (κ1) is 14.8. The summed E-state index contributed by atoms with van der Waals surface area (Å²) >= 11 is 0. The minimum Gasteiger partial charge on any atom is -0.403 e. The third-order valence-corrected chi connectivity index (χ3v) is 1.69. The first-order valence-corrected chi connectivity index (χ1v) is 5.22. The summed E-state index contributed by atoms with van der Waals surface area (Å²) < 4.78 is 0. The summed E-state index contributed by atoms with van der Waals surface area (Å²) in [5.41, 5.74) is 8.79. The minimum absolute atomic E-state index is 0.932. The Hall–Kier alpha value is -0.700. The number of hydrazine groups is 1. The second-order valence-corrected chi connectivity index (χ2v) is 2.65. The van der Waals surface area contributed by atoms with Crippen molar-refractivity contribution in [3.8, 4) is 0 Å². The van der Waals surface area contributed by atoms with Crippen LogP contribution < -0.4 is 17.0 Å². The topological polar surface area (TPSA) is 64.1 Å². The molecule has 80 valence electrons. The van der Waals surface area contributed by atoms with Crippen LogP contribution in [0.2, 0.25) is 0 Å². The molecule has 0 aliphatic carbocycles. The molecule has 0 rings (SSSR count). The molecule has 3 heteroatoms. The molecule has 0 heterocycles. The normalized spacial score (nSPS) is 10.3. The molecular weight excluding hydrogens is 162 g/mol. The van der Waals surface area contributed by atoms with E-state index in [1.165, 1.54) is 31.9 Å². The summed E-state index contributed by atoms with van der Waals surface area (Å²) in [6, 6.07) is 0. The number of nitrogens with two attached hydrogens (primary N) is 2. The van der Waals surface area contributed by atoms with Gasteiger partial charge in [0.15, 0.2) is 0 Å². The Morgan fingerprint density at radius 1 is 1.23 bits per heavy atom. The molecule has 0 spiro atoms. The smallest absolute Gasteiger partial charge is 0.0413 e. The lowest BCUT2D eigenvalue weighted by molar-refractivity contribution is 0.642. The van der Waals surface area contributed by atoms with Gasteiger partial charge in [-0.15, -0.1) is 0 Å². The Morgan fingerprint density at radius 3 is 2.23 bits per heavy atom. The highest BCUT2D eigenvalue weighted by molar-refractivity contribution is 4.94. The van der Waals surface area contributed by atoms with E-state index in [-0.39, 0.29) is 0 Å². The second kappa shape index (κ2) is 13.9. The Kier molecular flexibility index (Phi) is 15.8. The molecule has 0 aliphatic rings. The number of hydrogen-bond donors (Lipinski definition) is 3. The molecule has 0 saturated carbocycles. The van der Waals surface area contributed by atoms with Crippen molar-refractivity contribution in [2.24, 2.45) is 11.6 Å². The van der Waals surface area contributed by atoms with Crippen LogP contribution in [-0.2, 0) is 0 Å². The molecule has 0 aromatic rings. The highest BCUT2D eigenvalue weighted by Gasteiger charge is 1.92. The standard InChI is InChI=1S/C8H19N3.C2H6/c1-2-3-4-5-6-8(7-9)11-10;1-2/h7,11H,2-6,9-10H2,1H3;1-2H3/b8-7-;. The van der Waals surface area contributed by atoms with Gasteiger partial charge in [0, 0.05) is 11.9 Å². The van der Waals surface area contributed by atoms with Gasteiger partial charge < -0.3 is 11.2 Å². The first-order valence-electron chi connectivity index (χ1n) is 5.22. The fraction of sp³-hybridized carbons (Fsp3) is 0.800. The average molecular weight is 187 g/mol. The quantitative estimate of drug-likeness (QED) is 0.339. The number of hydrogen-bond acceptors (Lipinski definition) is 3. The third kappa shape index (κ3) is 11.3. The Labute approximate surface area is 82.5 Å². The number of allylic oxidation sites excluding steroid dienone is 1. The molecular formula is C10H25N3. The molecule has 0 unspecified atom stereocenters. The van der Waals surface area contributed by atoms with Crippen molar-refractivity contribution in [1.29, 1.82) is 0 Å². The van der Waals surface area contributed by atoms with E-state index in [4.69, 9.17) is 11.6 Å². The van der Waals surface area contributed by atoms with E-state index in [2.05, 4.69) is 12.3 Å². The van der Waals surface area contributed by atoms with Crippen LogP contribution in [0.15, 0.2) is 11.9 Å². The largest absolute Gasteiger partial charge is 0.403 e. The van der Waals surface area contributed by atoms with E-state index in [1.54, 1.807) is 0 Å². The molecule has 3 nitrogen and oxygen atoms in total. The maximum Gasteiger partial charge on any atom is 0.0413 e. The SMILES string of the molecule is CC.CCCCCC/C(=C/N)NN. The van der Waals surface area contributed by atoms with Gasteiger partial charge in [0.2, 0.25) is 0 Å². The second-order valence-electron chi connectivity index (χ2n) is 2.65. The number of nitrogens with one attached hydrogen (secondary N) is 1. The molecule has 13 heavy (non-hydrogen) atoms. The lowest BCUT2D eigenvalue weighted by Gasteiger charge is -2.03. The monoisotopic (exact) mass is 187 g/mol. The van der Waals surface area contributed by atoms with E-state index in [9.17, 15) is 0 Å². The van der Waals surface area contributed by atoms with Crippen LogP contribution in [0.25, 0.3) is 0 Å². The maximum absolute atomic E-state index is 5.29. The van der Waals surface area contributed by atoms with Crippen molar-refractivity contribution in [2.45, 2.75) is 52.9 Å². The average Bonchev–Trinajstić information content (AvgIpc) is 2.21. The molecule has 0 bridgehead atoms. The summed E-state index contributed by atoms with van der Waals surface area (Å²) in [5, 5.41) is 0. The maximum atomic E-state index is 5.29. The first-order chi connectivity index (χ1) is 6.35. The van der Waals surface area contributed by atoms with Gasteiger partial charge in [0.05, 0.1) is 0 Å². The molecule has 0 amide bonds. The molecule has 0 radical (unpaired) electrons. The summed E-state index contributed by atoms with van der Waals surface area (Å²) in [5.74, 6) is 5.20. The van der Waals surface area contributed by atoms with E-state index in [0.29, 0.717) is 0 Å². The Morgan fingerprint density at radius 2 is 1.85 bits per heavy atom. The zero-order valence-corrected chi connectivity index (χ0v) is 9.27. The van der Waals surface area contributed by atoms with Crippen molar-refractivity contribution < 1.29 is 0 Å². The predicted octanol–water partition coefficient (Wildman–Crippen LogP) is 2.25. The van der Waals surface area contributed by atoms with Crippen LogP contribution in [0.5, 0.6) is 0 Å². The van der Waals surface area contributed by atoms with Gasteiger partial charge in [-0.2, -0.15) is 0 Å². The zero-order valence-electron chi connectivity index (χ0n) is 9.27. The van der Waals surface area contributed by atoms with Gasteiger partial charge in [-0.25, -0.2) is 0 Å². The summed E-state index contributed by atoms with van der Waals surface area (Å²) in [6.45, 7) is 6.20. The van der Waals surface area contributed by atoms with Crippen LogP contribution in [0.4, 0.5) is 0 Å². The fourth-order valence-corrected chi connectivity index (χ4v) is 0.946.